The smallest absolute Gasteiger partial charge is 0.291 e. The molecule has 0 aliphatic heterocycles. The number of nitrogens with zero attached hydrogens (tertiary/aromatic N) is 2. The predicted octanol–water partition coefficient (Wildman–Crippen LogP) is 4.29. The Morgan fingerprint density at radius 3 is 2.57 bits per heavy atom. The number of carbonyl (C=O) groups is 2. The first-order valence-corrected chi connectivity index (χ1v) is 10.0. The van der Waals surface area contributed by atoms with E-state index in [1.807, 2.05) is 37.3 Å². The van der Waals surface area contributed by atoms with Gasteiger partial charge in [0.2, 0.25) is 0 Å². The van der Waals surface area contributed by atoms with Gasteiger partial charge in [0.05, 0.1) is 17.7 Å². The molecule has 0 fully saturated rings. The number of hydrogen-bond donors (Lipinski definition) is 2. The number of rotatable bonds is 6. The highest BCUT2D eigenvalue weighted by Crippen LogP contribution is 2.26. The van der Waals surface area contributed by atoms with E-state index in [-0.39, 0.29) is 17.6 Å². The summed E-state index contributed by atoms with van der Waals surface area (Å²) in [4.78, 5) is 33.9. The van der Waals surface area contributed by atoms with Crippen LogP contribution in [0.1, 0.15) is 31.5 Å². The van der Waals surface area contributed by atoms with Crippen molar-refractivity contribution in [1.82, 2.24) is 15.3 Å². The van der Waals surface area contributed by atoms with E-state index in [0.717, 1.165) is 16.3 Å². The number of furan rings is 1. The van der Waals surface area contributed by atoms with Crippen molar-refractivity contribution < 1.29 is 14.0 Å². The van der Waals surface area contributed by atoms with E-state index in [0.29, 0.717) is 22.8 Å². The van der Waals surface area contributed by atoms with Crippen molar-refractivity contribution in [2.45, 2.75) is 13.5 Å². The molecular formula is C22H18N4O3S. The van der Waals surface area contributed by atoms with Crippen LogP contribution in [0.4, 0.5) is 5.69 Å². The zero-order valence-electron chi connectivity index (χ0n) is 16.1. The molecule has 0 saturated heterocycles. The molecule has 2 N–H and O–H groups in total. The van der Waals surface area contributed by atoms with Gasteiger partial charge in [-0.3, -0.25) is 14.6 Å². The zero-order chi connectivity index (χ0) is 20.9. The minimum atomic E-state index is -0.314. The average molecular weight is 418 g/mol. The fourth-order valence-electron chi connectivity index (χ4n) is 2.77. The van der Waals surface area contributed by atoms with E-state index < -0.39 is 0 Å². The van der Waals surface area contributed by atoms with E-state index >= 15 is 0 Å². The minimum absolute atomic E-state index is 0.178. The summed E-state index contributed by atoms with van der Waals surface area (Å²) in [7, 11) is 0. The van der Waals surface area contributed by atoms with Crippen molar-refractivity contribution in [3.63, 3.8) is 0 Å². The van der Waals surface area contributed by atoms with Crippen LogP contribution in [0.25, 0.3) is 10.7 Å². The largest absolute Gasteiger partial charge is 0.459 e. The Morgan fingerprint density at radius 1 is 1.03 bits per heavy atom. The number of benzene rings is 1. The molecule has 30 heavy (non-hydrogen) atoms. The predicted molar refractivity (Wildman–Crippen MR) is 114 cm³/mol. The van der Waals surface area contributed by atoms with Crippen LogP contribution in [0.3, 0.4) is 0 Å². The van der Waals surface area contributed by atoms with Gasteiger partial charge in [0.15, 0.2) is 5.76 Å². The molecule has 0 atom stereocenters. The molecule has 3 aromatic heterocycles. The first-order chi connectivity index (χ1) is 14.6. The highest BCUT2D eigenvalue weighted by Gasteiger charge is 2.16. The number of aromatic nitrogens is 2. The van der Waals surface area contributed by atoms with Crippen LogP contribution in [-0.4, -0.2) is 21.8 Å². The quantitative estimate of drug-likeness (QED) is 0.487. The standard InChI is InChI=1S/C22H18N4O3S/c1-14-19(30-22(25-14)17-5-2-3-11-23-17)21(28)24-13-15-7-9-16(10-8-15)26-20(27)18-6-4-12-29-18/h2-12H,13H2,1H3,(H,24,28)(H,26,27). The summed E-state index contributed by atoms with van der Waals surface area (Å²) < 4.78 is 5.07. The molecule has 2 amide bonds. The van der Waals surface area contributed by atoms with Crippen molar-refractivity contribution >= 4 is 28.8 Å². The highest BCUT2D eigenvalue weighted by molar-refractivity contribution is 7.17. The molecule has 0 saturated carbocycles. The van der Waals surface area contributed by atoms with Gasteiger partial charge in [-0.05, 0) is 48.9 Å². The van der Waals surface area contributed by atoms with Gasteiger partial charge >= 0.3 is 0 Å². The molecule has 0 aliphatic rings. The summed E-state index contributed by atoms with van der Waals surface area (Å²) in [5.74, 6) is -0.246. The molecular weight excluding hydrogens is 400 g/mol. The second-order valence-electron chi connectivity index (χ2n) is 6.46. The van der Waals surface area contributed by atoms with Crippen molar-refractivity contribution in [2.75, 3.05) is 5.32 Å². The third-order valence-corrected chi connectivity index (χ3v) is 5.48. The van der Waals surface area contributed by atoms with E-state index in [1.165, 1.54) is 17.6 Å². The molecule has 7 nitrogen and oxygen atoms in total. The molecule has 1 aromatic carbocycles. The number of nitrogens with one attached hydrogen (secondary N) is 2. The molecule has 0 radical (unpaired) electrons. The van der Waals surface area contributed by atoms with Gasteiger partial charge in [-0.1, -0.05) is 18.2 Å². The van der Waals surface area contributed by atoms with Crippen molar-refractivity contribution in [2.24, 2.45) is 0 Å². The number of aryl methyl sites for hydroxylation is 1. The van der Waals surface area contributed by atoms with Crippen LogP contribution >= 0.6 is 11.3 Å². The van der Waals surface area contributed by atoms with Crippen LogP contribution in [0.5, 0.6) is 0 Å². The Balaban J connectivity index is 1.36. The van der Waals surface area contributed by atoms with Crippen LogP contribution in [0.2, 0.25) is 0 Å². The highest BCUT2D eigenvalue weighted by atomic mass is 32.1. The zero-order valence-corrected chi connectivity index (χ0v) is 16.9. The number of carbonyl (C=O) groups excluding carboxylic acids is 2. The monoisotopic (exact) mass is 418 g/mol. The first kappa shape index (κ1) is 19.5. The van der Waals surface area contributed by atoms with Crippen LogP contribution in [0, 0.1) is 6.92 Å². The SMILES string of the molecule is Cc1nc(-c2ccccn2)sc1C(=O)NCc1ccc(NC(=O)c2ccco2)cc1. The van der Waals surface area contributed by atoms with Gasteiger partial charge < -0.3 is 15.1 Å². The van der Waals surface area contributed by atoms with E-state index in [2.05, 4.69) is 20.6 Å². The number of pyridine rings is 1. The lowest BCUT2D eigenvalue weighted by molar-refractivity contribution is 0.0953. The third-order valence-electron chi connectivity index (χ3n) is 4.30. The third kappa shape index (κ3) is 4.44. The Labute approximate surface area is 176 Å². The molecule has 150 valence electrons. The molecule has 0 unspecified atom stereocenters. The molecule has 0 bridgehead atoms. The molecule has 3 heterocycles. The van der Waals surface area contributed by atoms with Crippen LogP contribution in [0.15, 0.2) is 71.5 Å². The molecule has 0 aliphatic carbocycles. The van der Waals surface area contributed by atoms with Gasteiger partial charge in [0.1, 0.15) is 9.88 Å². The second-order valence-corrected chi connectivity index (χ2v) is 7.46. The average Bonchev–Trinajstić information content (AvgIpc) is 3.44. The first-order valence-electron chi connectivity index (χ1n) is 9.21. The van der Waals surface area contributed by atoms with Crippen molar-refractivity contribution in [3.8, 4) is 10.7 Å². The van der Waals surface area contributed by atoms with Crippen molar-refractivity contribution in [3.05, 3.63) is 89.0 Å². The van der Waals surface area contributed by atoms with Crippen LogP contribution < -0.4 is 10.6 Å². The van der Waals surface area contributed by atoms with E-state index in [4.69, 9.17) is 4.42 Å². The number of amides is 2. The summed E-state index contributed by atoms with van der Waals surface area (Å²) in [6.45, 7) is 2.18. The number of anilines is 1. The van der Waals surface area contributed by atoms with Gasteiger partial charge in [0.25, 0.3) is 11.8 Å². The topological polar surface area (TPSA) is 97.1 Å². The Morgan fingerprint density at radius 2 is 1.87 bits per heavy atom. The second kappa shape index (κ2) is 8.71. The molecule has 4 rings (SSSR count). The molecule has 8 heteroatoms. The number of hydrogen-bond acceptors (Lipinski definition) is 6. The fourth-order valence-corrected chi connectivity index (χ4v) is 3.73. The summed E-state index contributed by atoms with van der Waals surface area (Å²) in [5, 5.41) is 6.39. The lowest BCUT2D eigenvalue weighted by Crippen LogP contribution is -2.22. The Kier molecular flexibility index (Phi) is 5.67. The summed E-state index contributed by atoms with van der Waals surface area (Å²) in [5.41, 5.74) is 2.97. The lowest BCUT2D eigenvalue weighted by atomic mass is 10.2. The minimum Gasteiger partial charge on any atom is -0.459 e. The van der Waals surface area contributed by atoms with Crippen molar-refractivity contribution in [1.29, 1.82) is 0 Å². The van der Waals surface area contributed by atoms with E-state index in [1.54, 1.807) is 30.5 Å². The van der Waals surface area contributed by atoms with Gasteiger partial charge in [-0.2, -0.15) is 0 Å². The van der Waals surface area contributed by atoms with Gasteiger partial charge in [-0.25, -0.2) is 4.98 Å². The van der Waals surface area contributed by atoms with Crippen LogP contribution in [-0.2, 0) is 6.54 Å². The van der Waals surface area contributed by atoms with E-state index in [9.17, 15) is 9.59 Å². The summed E-state index contributed by atoms with van der Waals surface area (Å²) >= 11 is 1.32. The molecule has 4 aromatic rings. The summed E-state index contributed by atoms with van der Waals surface area (Å²) in [6.07, 6.45) is 3.15. The van der Waals surface area contributed by atoms with Gasteiger partial charge in [-0.15, -0.1) is 11.3 Å². The lowest BCUT2D eigenvalue weighted by Gasteiger charge is -2.07. The maximum absolute atomic E-state index is 12.6. The number of thiazole rings is 1. The maximum atomic E-state index is 12.6. The van der Waals surface area contributed by atoms with Gasteiger partial charge in [0, 0.05) is 18.4 Å². The normalized spacial score (nSPS) is 10.6. The maximum Gasteiger partial charge on any atom is 0.291 e. The summed E-state index contributed by atoms with van der Waals surface area (Å²) in [6, 6.07) is 16.1. The fraction of sp³-hybridized carbons (Fsp3) is 0.0909. The Hall–Kier alpha value is -3.78. The molecule has 0 spiro atoms. The Bertz CT molecular complexity index is 1150.